The Hall–Kier alpha value is -1.46. The van der Waals surface area contributed by atoms with E-state index < -0.39 is 5.82 Å². The van der Waals surface area contributed by atoms with Gasteiger partial charge in [0, 0.05) is 18.7 Å². The van der Waals surface area contributed by atoms with Crippen LogP contribution in [0.1, 0.15) is 37.8 Å². The third-order valence-electron chi connectivity index (χ3n) is 4.11. The minimum absolute atomic E-state index is 0.0370. The Morgan fingerprint density at radius 3 is 2.91 bits per heavy atom. The van der Waals surface area contributed by atoms with E-state index in [1.165, 1.54) is 12.1 Å². The first kappa shape index (κ1) is 16.9. The number of hydrogen-bond donors (Lipinski definition) is 2. The number of ether oxygens (including phenoxy) is 1. The van der Waals surface area contributed by atoms with Crippen LogP contribution in [0.3, 0.4) is 0 Å². The van der Waals surface area contributed by atoms with Crippen LogP contribution in [0.5, 0.6) is 0 Å². The fourth-order valence-corrected chi connectivity index (χ4v) is 2.89. The van der Waals surface area contributed by atoms with Crippen LogP contribution in [0.4, 0.5) is 4.39 Å². The van der Waals surface area contributed by atoms with E-state index in [2.05, 4.69) is 19.2 Å². The quantitative estimate of drug-likeness (QED) is 0.878. The van der Waals surface area contributed by atoms with Crippen LogP contribution in [-0.2, 0) is 22.7 Å². The Morgan fingerprint density at radius 1 is 1.50 bits per heavy atom. The van der Waals surface area contributed by atoms with Crippen LogP contribution in [-0.4, -0.2) is 23.7 Å². The predicted octanol–water partition coefficient (Wildman–Crippen LogP) is 2.39. The number of aliphatic hydroxyl groups is 1. The third kappa shape index (κ3) is 4.05. The molecule has 122 valence electrons. The van der Waals surface area contributed by atoms with Gasteiger partial charge in [-0.15, -0.1) is 0 Å². The predicted molar refractivity (Wildman–Crippen MR) is 81.5 cm³/mol. The Kier molecular flexibility index (Phi) is 5.91. The van der Waals surface area contributed by atoms with Crippen molar-refractivity contribution in [1.82, 2.24) is 5.32 Å². The molecule has 0 aliphatic carbocycles. The SMILES string of the molecule is CC(C)[C@@H]1OCCC[C@@H]1C(=O)NCc1ccc(CO)c(F)c1. The Bertz CT molecular complexity index is 519. The van der Waals surface area contributed by atoms with Crippen molar-refractivity contribution in [2.24, 2.45) is 11.8 Å². The second kappa shape index (κ2) is 7.70. The molecule has 1 aromatic carbocycles. The summed E-state index contributed by atoms with van der Waals surface area (Å²) in [5.41, 5.74) is 0.941. The molecule has 4 nitrogen and oxygen atoms in total. The van der Waals surface area contributed by atoms with Gasteiger partial charge in [-0.1, -0.05) is 26.0 Å². The monoisotopic (exact) mass is 309 g/mol. The summed E-state index contributed by atoms with van der Waals surface area (Å²) in [5.74, 6) is -0.340. The number of benzene rings is 1. The molecule has 2 N–H and O–H groups in total. The number of halogens is 1. The first-order chi connectivity index (χ1) is 10.5. The van der Waals surface area contributed by atoms with Gasteiger partial charge in [0.25, 0.3) is 0 Å². The summed E-state index contributed by atoms with van der Waals surface area (Å²) in [6.45, 7) is 4.77. The molecule has 2 atom stereocenters. The lowest BCUT2D eigenvalue weighted by molar-refractivity contribution is -0.137. The summed E-state index contributed by atoms with van der Waals surface area (Å²) in [5, 5.41) is 11.8. The Morgan fingerprint density at radius 2 is 2.27 bits per heavy atom. The second-order valence-corrected chi connectivity index (χ2v) is 6.13. The van der Waals surface area contributed by atoms with Gasteiger partial charge in [-0.25, -0.2) is 4.39 Å². The maximum Gasteiger partial charge on any atom is 0.226 e. The molecular formula is C17H24FNO3. The lowest BCUT2D eigenvalue weighted by atomic mass is 9.87. The van der Waals surface area contributed by atoms with E-state index in [0.717, 1.165) is 12.8 Å². The van der Waals surface area contributed by atoms with E-state index in [9.17, 15) is 9.18 Å². The molecule has 0 aromatic heterocycles. The number of amides is 1. The summed E-state index contributed by atoms with van der Waals surface area (Å²) in [6.07, 6.45) is 1.66. The largest absolute Gasteiger partial charge is 0.392 e. The summed E-state index contributed by atoms with van der Waals surface area (Å²) in [7, 11) is 0. The summed E-state index contributed by atoms with van der Waals surface area (Å²) < 4.78 is 19.3. The van der Waals surface area contributed by atoms with Crippen molar-refractivity contribution in [2.45, 2.75) is 45.9 Å². The van der Waals surface area contributed by atoms with Gasteiger partial charge in [-0.05, 0) is 30.4 Å². The summed E-state index contributed by atoms with van der Waals surface area (Å²) >= 11 is 0. The highest BCUT2D eigenvalue weighted by Crippen LogP contribution is 2.26. The standard InChI is InChI=1S/C17H24FNO3/c1-11(2)16-14(4-3-7-22-16)17(21)19-9-12-5-6-13(10-20)15(18)8-12/h5-6,8,11,14,16,20H,3-4,7,9-10H2,1-2H3,(H,19,21)/t14-,16-/m0/s1. The summed E-state index contributed by atoms with van der Waals surface area (Å²) in [4.78, 5) is 12.4. The maximum atomic E-state index is 13.6. The number of aliphatic hydroxyl groups excluding tert-OH is 1. The Balaban J connectivity index is 1.95. The smallest absolute Gasteiger partial charge is 0.226 e. The van der Waals surface area contributed by atoms with Gasteiger partial charge in [0.05, 0.1) is 18.6 Å². The minimum atomic E-state index is -0.449. The molecule has 0 radical (unpaired) electrons. The van der Waals surface area contributed by atoms with Crippen molar-refractivity contribution in [2.75, 3.05) is 6.61 Å². The molecule has 1 aliphatic rings. The van der Waals surface area contributed by atoms with Gasteiger partial charge in [-0.2, -0.15) is 0 Å². The van der Waals surface area contributed by atoms with Crippen LogP contribution in [0.2, 0.25) is 0 Å². The topological polar surface area (TPSA) is 58.6 Å². The minimum Gasteiger partial charge on any atom is -0.392 e. The highest BCUT2D eigenvalue weighted by atomic mass is 19.1. The van der Waals surface area contributed by atoms with Crippen LogP contribution < -0.4 is 5.32 Å². The van der Waals surface area contributed by atoms with Crippen molar-refractivity contribution >= 4 is 5.91 Å². The van der Waals surface area contributed by atoms with Crippen LogP contribution in [0, 0.1) is 17.7 Å². The van der Waals surface area contributed by atoms with Gasteiger partial charge in [0.15, 0.2) is 0 Å². The molecule has 0 bridgehead atoms. The molecule has 1 aliphatic heterocycles. The highest BCUT2D eigenvalue weighted by Gasteiger charge is 2.33. The lowest BCUT2D eigenvalue weighted by Gasteiger charge is -2.33. The normalized spacial score (nSPS) is 21.9. The lowest BCUT2D eigenvalue weighted by Crippen LogP contribution is -2.43. The molecule has 0 saturated carbocycles. The van der Waals surface area contributed by atoms with E-state index in [-0.39, 0.29) is 42.6 Å². The van der Waals surface area contributed by atoms with Gasteiger partial charge >= 0.3 is 0 Å². The first-order valence-electron chi connectivity index (χ1n) is 7.80. The number of hydrogen-bond acceptors (Lipinski definition) is 3. The molecule has 1 heterocycles. The fraction of sp³-hybridized carbons (Fsp3) is 0.588. The second-order valence-electron chi connectivity index (χ2n) is 6.13. The fourth-order valence-electron chi connectivity index (χ4n) is 2.89. The number of rotatable bonds is 5. The van der Waals surface area contributed by atoms with Crippen molar-refractivity contribution in [3.63, 3.8) is 0 Å². The van der Waals surface area contributed by atoms with E-state index in [1.54, 1.807) is 6.07 Å². The highest BCUT2D eigenvalue weighted by molar-refractivity contribution is 5.79. The zero-order valence-corrected chi connectivity index (χ0v) is 13.1. The van der Waals surface area contributed by atoms with Gasteiger partial charge in [0.2, 0.25) is 5.91 Å². The van der Waals surface area contributed by atoms with E-state index in [1.807, 2.05) is 0 Å². The van der Waals surface area contributed by atoms with Crippen molar-refractivity contribution in [3.8, 4) is 0 Å². The van der Waals surface area contributed by atoms with Gasteiger partial charge in [0.1, 0.15) is 5.82 Å². The van der Waals surface area contributed by atoms with Crippen molar-refractivity contribution < 1.29 is 19.0 Å². The van der Waals surface area contributed by atoms with E-state index >= 15 is 0 Å². The van der Waals surface area contributed by atoms with E-state index in [4.69, 9.17) is 9.84 Å². The van der Waals surface area contributed by atoms with Gasteiger partial charge in [-0.3, -0.25) is 4.79 Å². The Labute approximate surface area is 130 Å². The number of carbonyl (C=O) groups is 1. The molecular weight excluding hydrogens is 285 g/mol. The number of carbonyl (C=O) groups excluding carboxylic acids is 1. The zero-order chi connectivity index (χ0) is 16.1. The molecule has 22 heavy (non-hydrogen) atoms. The molecule has 1 amide bonds. The number of nitrogens with one attached hydrogen (secondary N) is 1. The third-order valence-corrected chi connectivity index (χ3v) is 4.11. The molecule has 5 heteroatoms. The van der Waals surface area contributed by atoms with Crippen molar-refractivity contribution in [1.29, 1.82) is 0 Å². The molecule has 1 saturated heterocycles. The molecule has 0 unspecified atom stereocenters. The van der Waals surface area contributed by atoms with Crippen LogP contribution in [0.25, 0.3) is 0 Å². The molecule has 2 rings (SSSR count). The van der Waals surface area contributed by atoms with E-state index in [0.29, 0.717) is 12.2 Å². The average molecular weight is 309 g/mol. The maximum absolute atomic E-state index is 13.6. The summed E-state index contributed by atoms with van der Waals surface area (Å²) in [6, 6.07) is 4.60. The van der Waals surface area contributed by atoms with Crippen LogP contribution >= 0.6 is 0 Å². The molecule has 1 fully saturated rings. The average Bonchev–Trinajstić information content (AvgIpc) is 2.52. The molecule has 0 spiro atoms. The first-order valence-corrected chi connectivity index (χ1v) is 7.80. The zero-order valence-electron chi connectivity index (χ0n) is 13.1. The molecule has 1 aromatic rings. The van der Waals surface area contributed by atoms with Crippen molar-refractivity contribution in [3.05, 3.63) is 35.1 Å². The van der Waals surface area contributed by atoms with Gasteiger partial charge < -0.3 is 15.2 Å². The van der Waals surface area contributed by atoms with Crippen LogP contribution in [0.15, 0.2) is 18.2 Å².